The van der Waals surface area contributed by atoms with Gasteiger partial charge in [0.2, 0.25) is 0 Å². The third-order valence-corrected chi connectivity index (χ3v) is 13.1. The highest BCUT2D eigenvalue weighted by Crippen LogP contribution is 2.51. The van der Waals surface area contributed by atoms with E-state index in [1.54, 1.807) is 0 Å². The highest BCUT2D eigenvalue weighted by molar-refractivity contribution is 7.26. The van der Waals surface area contributed by atoms with Crippen molar-refractivity contribution >= 4 is 70.1 Å². The minimum Gasteiger partial charge on any atom is -0.310 e. The molecule has 0 unspecified atom stereocenters. The Balaban J connectivity index is 1.04. The molecule has 1 aromatic heterocycles. The molecule has 0 atom stereocenters. The normalized spacial score (nSPS) is 13.1. The van der Waals surface area contributed by atoms with Crippen LogP contribution in [0.5, 0.6) is 0 Å². The topological polar surface area (TPSA) is 3.24 Å². The molecule has 9 aromatic carbocycles. The first-order chi connectivity index (χ1) is 27.0. The van der Waals surface area contributed by atoms with Gasteiger partial charge in [-0.2, -0.15) is 0 Å². The minimum absolute atomic E-state index is 0.0484. The molecule has 1 aliphatic rings. The zero-order chi connectivity index (χ0) is 36.7. The number of hydrogen-bond donors (Lipinski definition) is 0. The van der Waals surface area contributed by atoms with Crippen molar-refractivity contribution in [2.24, 2.45) is 0 Å². The van der Waals surface area contributed by atoms with Crippen LogP contribution >= 0.6 is 11.3 Å². The molecule has 0 saturated heterocycles. The van der Waals surface area contributed by atoms with Crippen LogP contribution in [0, 0.1) is 0 Å². The summed E-state index contributed by atoms with van der Waals surface area (Å²) in [7, 11) is 0. The van der Waals surface area contributed by atoms with E-state index in [2.05, 4.69) is 207 Å². The third kappa shape index (κ3) is 5.06. The molecular weight excluding hydrogens is 683 g/mol. The summed E-state index contributed by atoms with van der Waals surface area (Å²) in [5, 5.41) is 7.78. The van der Waals surface area contributed by atoms with E-state index in [9.17, 15) is 0 Å². The Morgan fingerprint density at radius 2 is 1.04 bits per heavy atom. The third-order valence-electron chi connectivity index (χ3n) is 11.9. The summed E-state index contributed by atoms with van der Waals surface area (Å²) in [5.41, 5.74) is 13.6. The zero-order valence-corrected chi connectivity index (χ0v) is 31.6. The molecule has 0 bridgehead atoms. The Labute approximate surface area is 325 Å². The molecule has 0 saturated carbocycles. The number of nitrogens with zero attached hydrogens (tertiary/aromatic N) is 1. The SMILES string of the molecule is CC1(C)c2ccccc2-c2cc(N(c3ccc(-c4ccc5sc6c7ccccc7ccc6c5c4)cc3)c3cccc(-c4cccc5ccccc45)c3)ccc21. The van der Waals surface area contributed by atoms with Gasteiger partial charge in [-0.15, -0.1) is 11.3 Å². The van der Waals surface area contributed by atoms with Crippen LogP contribution in [0.2, 0.25) is 0 Å². The van der Waals surface area contributed by atoms with Gasteiger partial charge in [-0.05, 0) is 115 Å². The summed E-state index contributed by atoms with van der Waals surface area (Å²) in [6, 6.07) is 69.6. The van der Waals surface area contributed by atoms with Gasteiger partial charge in [-0.3, -0.25) is 0 Å². The van der Waals surface area contributed by atoms with E-state index in [1.807, 2.05) is 11.3 Å². The first kappa shape index (κ1) is 32.0. The molecule has 0 aliphatic heterocycles. The largest absolute Gasteiger partial charge is 0.310 e. The Hall–Kier alpha value is -6.48. The Morgan fingerprint density at radius 3 is 1.91 bits per heavy atom. The quantitative estimate of drug-likeness (QED) is 0.171. The maximum absolute atomic E-state index is 2.42. The smallest absolute Gasteiger partial charge is 0.0468 e. The number of fused-ring (bicyclic) bond motifs is 9. The monoisotopic (exact) mass is 719 g/mol. The number of hydrogen-bond acceptors (Lipinski definition) is 2. The maximum Gasteiger partial charge on any atom is 0.0468 e. The van der Waals surface area contributed by atoms with Crippen molar-refractivity contribution in [3.63, 3.8) is 0 Å². The summed E-state index contributed by atoms with van der Waals surface area (Å²) in [4.78, 5) is 2.42. The lowest BCUT2D eigenvalue weighted by Crippen LogP contribution is -2.15. The Kier molecular flexibility index (Phi) is 7.14. The van der Waals surface area contributed by atoms with E-state index in [1.165, 1.54) is 86.2 Å². The summed E-state index contributed by atoms with van der Waals surface area (Å²) in [5.74, 6) is 0. The predicted octanol–water partition coefficient (Wildman–Crippen LogP) is 15.5. The number of benzene rings is 9. The van der Waals surface area contributed by atoms with Gasteiger partial charge in [0.15, 0.2) is 0 Å². The molecule has 0 fully saturated rings. The van der Waals surface area contributed by atoms with Gasteiger partial charge in [0, 0.05) is 42.6 Å². The van der Waals surface area contributed by atoms with Crippen LogP contribution in [0.25, 0.3) is 75.1 Å². The molecule has 2 heteroatoms. The summed E-state index contributed by atoms with van der Waals surface area (Å²) >= 11 is 1.89. The molecule has 1 heterocycles. The van der Waals surface area contributed by atoms with Gasteiger partial charge in [-0.25, -0.2) is 0 Å². The average Bonchev–Trinajstić information content (AvgIpc) is 3.73. The molecule has 260 valence electrons. The lowest BCUT2D eigenvalue weighted by Gasteiger charge is -2.28. The predicted molar refractivity (Wildman–Crippen MR) is 237 cm³/mol. The molecule has 11 rings (SSSR count). The number of rotatable bonds is 5. The van der Waals surface area contributed by atoms with Crippen molar-refractivity contribution < 1.29 is 0 Å². The van der Waals surface area contributed by atoms with Gasteiger partial charge in [-0.1, -0.05) is 153 Å². The summed E-state index contributed by atoms with van der Waals surface area (Å²) < 4.78 is 2.69. The van der Waals surface area contributed by atoms with Crippen molar-refractivity contribution in [1.29, 1.82) is 0 Å². The van der Waals surface area contributed by atoms with Crippen LogP contribution in [0.15, 0.2) is 188 Å². The van der Waals surface area contributed by atoms with Crippen LogP contribution in [0.3, 0.4) is 0 Å². The second-order valence-corrected chi connectivity index (χ2v) is 16.4. The molecule has 0 spiro atoms. The first-order valence-electron chi connectivity index (χ1n) is 19.1. The van der Waals surface area contributed by atoms with E-state index in [4.69, 9.17) is 0 Å². The molecule has 1 nitrogen and oxygen atoms in total. The van der Waals surface area contributed by atoms with Crippen molar-refractivity contribution in [2.75, 3.05) is 4.90 Å². The average molecular weight is 720 g/mol. The van der Waals surface area contributed by atoms with Crippen molar-refractivity contribution in [1.82, 2.24) is 0 Å². The fourth-order valence-corrected chi connectivity index (χ4v) is 10.3. The molecule has 0 amide bonds. The summed E-state index contributed by atoms with van der Waals surface area (Å²) in [6.07, 6.45) is 0. The van der Waals surface area contributed by atoms with Crippen molar-refractivity contribution in [3.05, 3.63) is 199 Å². The van der Waals surface area contributed by atoms with Crippen LogP contribution in [0.4, 0.5) is 17.1 Å². The van der Waals surface area contributed by atoms with Crippen molar-refractivity contribution in [2.45, 2.75) is 19.3 Å². The Bertz CT molecular complexity index is 3120. The summed E-state index contributed by atoms with van der Waals surface area (Å²) in [6.45, 7) is 4.69. The lowest BCUT2D eigenvalue weighted by molar-refractivity contribution is 0.660. The van der Waals surface area contributed by atoms with Crippen LogP contribution in [0.1, 0.15) is 25.0 Å². The van der Waals surface area contributed by atoms with Gasteiger partial charge in [0.05, 0.1) is 0 Å². The van der Waals surface area contributed by atoms with Crippen LogP contribution in [-0.4, -0.2) is 0 Å². The van der Waals surface area contributed by atoms with Gasteiger partial charge < -0.3 is 4.90 Å². The number of thiophene rings is 1. The molecule has 0 radical (unpaired) electrons. The zero-order valence-electron chi connectivity index (χ0n) is 30.8. The standard InChI is InChI=1S/C53H37NS/c1-53(2)49-20-8-7-18-45(49)47-33-41(27-29-50(47)53)54(40-15-9-14-38(31-40)43-19-10-13-35-11-3-5-16-42(35)43)39-25-21-34(22-26-39)37-24-30-51-48(32-37)46-28-23-36-12-4-6-17-44(36)52(46)55-51/h3-33H,1-2H3. The number of anilines is 3. The highest BCUT2D eigenvalue weighted by Gasteiger charge is 2.35. The maximum atomic E-state index is 2.42. The van der Waals surface area contributed by atoms with E-state index in [0.29, 0.717) is 0 Å². The molecular formula is C53H37NS. The minimum atomic E-state index is -0.0484. The van der Waals surface area contributed by atoms with Crippen LogP contribution in [-0.2, 0) is 5.41 Å². The molecule has 10 aromatic rings. The van der Waals surface area contributed by atoms with E-state index < -0.39 is 0 Å². The van der Waals surface area contributed by atoms with Gasteiger partial charge in [0.25, 0.3) is 0 Å². The molecule has 55 heavy (non-hydrogen) atoms. The first-order valence-corrected chi connectivity index (χ1v) is 19.9. The molecule has 0 N–H and O–H groups in total. The molecule has 1 aliphatic carbocycles. The van der Waals surface area contributed by atoms with Crippen LogP contribution < -0.4 is 4.90 Å². The highest BCUT2D eigenvalue weighted by atomic mass is 32.1. The van der Waals surface area contributed by atoms with Gasteiger partial charge >= 0.3 is 0 Å². The fraction of sp³-hybridized carbons (Fsp3) is 0.0566. The van der Waals surface area contributed by atoms with E-state index >= 15 is 0 Å². The van der Waals surface area contributed by atoms with E-state index in [0.717, 1.165) is 17.1 Å². The van der Waals surface area contributed by atoms with Crippen molar-refractivity contribution in [3.8, 4) is 33.4 Å². The lowest BCUT2D eigenvalue weighted by atomic mass is 9.82. The van der Waals surface area contributed by atoms with Gasteiger partial charge in [0.1, 0.15) is 0 Å². The fourth-order valence-electron chi connectivity index (χ4n) is 9.07. The van der Waals surface area contributed by atoms with E-state index in [-0.39, 0.29) is 5.41 Å². The second-order valence-electron chi connectivity index (χ2n) is 15.3. The Morgan fingerprint density at radius 1 is 0.382 bits per heavy atom. The second kappa shape index (κ2) is 12.3.